The predicted molar refractivity (Wildman–Crippen MR) is 108 cm³/mol. The Labute approximate surface area is 165 Å². The van der Waals surface area contributed by atoms with Gasteiger partial charge in [-0.1, -0.05) is 24.3 Å². The molecule has 1 unspecified atom stereocenters. The molecular weight excluding hydrogens is 357 g/mol. The van der Waals surface area contributed by atoms with Crippen LogP contribution in [0.2, 0.25) is 0 Å². The van der Waals surface area contributed by atoms with Crippen molar-refractivity contribution in [3.8, 4) is 0 Å². The zero-order chi connectivity index (χ0) is 20.1. The van der Waals surface area contributed by atoms with E-state index in [1.807, 2.05) is 49.3 Å². The number of anilines is 1. The van der Waals surface area contributed by atoms with Crippen LogP contribution < -0.4 is 10.2 Å². The van der Waals surface area contributed by atoms with E-state index in [-0.39, 0.29) is 30.1 Å². The largest absolute Gasteiger partial charge is 0.354 e. The minimum Gasteiger partial charge on any atom is -0.354 e. The molecule has 2 amide bonds. The minimum absolute atomic E-state index is 0.0896. The Morgan fingerprint density at radius 2 is 1.96 bits per heavy atom. The SMILES string of the molecule is CN(C)C(CNC(=O)Cc1ccc(N2CCCC2=O)cc1)c1cccc(F)c1. The van der Waals surface area contributed by atoms with Crippen LogP contribution in [0.1, 0.15) is 30.0 Å². The number of amides is 2. The summed E-state index contributed by atoms with van der Waals surface area (Å²) in [5.41, 5.74) is 2.59. The Hall–Kier alpha value is -2.73. The fourth-order valence-electron chi connectivity index (χ4n) is 3.49. The molecule has 148 valence electrons. The van der Waals surface area contributed by atoms with E-state index in [1.165, 1.54) is 12.1 Å². The van der Waals surface area contributed by atoms with E-state index in [0.29, 0.717) is 13.0 Å². The lowest BCUT2D eigenvalue weighted by atomic mass is 10.1. The molecule has 3 rings (SSSR count). The Morgan fingerprint density at radius 3 is 2.57 bits per heavy atom. The third kappa shape index (κ3) is 4.95. The predicted octanol–water partition coefficient (Wildman–Crippen LogP) is 2.91. The third-order valence-corrected chi connectivity index (χ3v) is 5.04. The van der Waals surface area contributed by atoms with Crippen LogP contribution in [0.25, 0.3) is 0 Å². The van der Waals surface area contributed by atoms with Crippen molar-refractivity contribution in [2.24, 2.45) is 0 Å². The minimum atomic E-state index is -0.285. The summed E-state index contributed by atoms with van der Waals surface area (Å²) in [5, 5.41) is 2.94. The Morgan fingerprint density at radius 1 is 1.21 bits per heavy atom. The summed E-state index contributed by atoms with van der Waals surface area (Å²) in [6.07, 6.45) is 1.75. The number of rotatable bonds is 7. The highest BCUT2D eigenvalue weighted by Crippen LogP contribution is 2.22. The van der Waals surface area contributed by atoms with Crippen molar-refractivity contribution in [1.82, 2.24) is 10.2 Å². The molecule has 2 aromatic carbocycles. The number of hydrogen-bond acceptors (Lipinski definition) is 3. The maximum Gasteiger partial charge on any atom is 0.227 e. The molecule has 2 aromatic rings. The normalized spacial score (nSPS) is 15.1. The molecule has 5 nitrogen and oxygen atoms in total. The van der Waals surface area contributed by atoms with Crippen molar-refractivity contribution >= 4 is 17.5 Å². The number of likely N-dealkylation sites (N-methyl/N-ethyl adjacent to an activating group) is 1. The molecule has 1 N–H and O–H groups in total. The average Bonchev–Trinajstić information content (AvgIpc) is 3.08. The van der Waals surface area contributed by atoms with Gasteiger partial charge in [0.2, 0.25) is 11.8 Å². The van der Waals surface area contributed by atoms with Gasteiger partial charge < -0.3 is 15.1 Å². The summed E-state index contributed by atoms with van der Waals surface area (Å²) in [7, 11) is 3.81. The number of carbonyl (C=O) groups is 2. The summed E-state index contributed by atoms with van der Waals surface area (Å²) >= 11 is 0. The van der Waals surface area contributed by atoms with Gasteiger partial charge in [-0.05, 0) is 55.9 Å². The highest BCUT2D eigenvalue weighted by Gasteiger charge is 2.21. The van der Waals surface area contributed by atoms with Crippen molar-refractivity contribution in [2.75, 3.05) is 32.1 Å². The molecule has 0 saturated carbocycles. The molecule has 0 radical (unpaired) electrons. The van der Waals surface area contributed by atoms with Gasteiger partial charge in [0.15, 0.2) is 0 Å². The van der Waals surface area contributed by atoms with Crippen molar-refractivity contribution in [2.45, 2.75) is 25.3 Å². The molecule has 0 aromatic heterocycles. The zero-order valence-electron chi connectivity index (χ0n) is 16.3. The summed E-state index contributed by atoms with van der Waals surface area (Å²) in [5.74, 6) is -0.224. The highest BCUT2D eigenvalue weighted by molar-refractivity contribution is 5.95. The molecule has 0 aliphatic carbocycles. The molecule has 28 heavy (non-hydrogen) atoms. The summed E-state index contributed by atoms with van der Waals surface area (Å²) in [4.78, 5) is 27.9. The average molecular weight is 383 g/mol. The van der Waals surface area contributed by atoms with Gasteiger partial charge >= 0.3 is 0 Å². The van der Waals surface area contributed by atoms with Crippen molar-refractivity contribution in [3.63, 3.8) is 0 Å². The number of nitrogens with one attached hydrogen (secondary N) is 1. The number of nitrogens with zero attached hydrogens (tertiary/aromatic N) is 2. The zero-order valence-corrected chi connectivity index (χ0v) is 16.3. The lowest BCUT2D eigenvalue weighted by Gasteiger charge is -2.25. The van der Waals surface area contributed by atoms with Gasteiger partial charge in [0, 0.05) is 25.2 Å². The Balaban J connectivity index is 1.56. The van der Waals surface area contributed by atoms with Crippen molar-refractivity contribution < 1.29 is 14.0 Å². The number of halogens is 1. The molecule has 1 atom stereocenters. The lowest BCUT2D eigenvalue weighted by molar-refractivity contribution is -0.120. The maximum absolute atomic E-state index is 13.5. The molecular formula is C22H26FN3O2. The van der Waals surface area contributed by atoms with Crippen LogP contribution in [0.3, 0.4) is 0 Å². The van der Waals surface area contributed by atoms with Crippen molar-refractivity contribution in [3.05, 3.63) is 65.5 Å². The van der Waals surface area contributed by atoms with Crippen LogP contribution in [0.4, 0.5) is 10.1 Å². The standard InChI is InChI=1S/C22H26FN3O2/c1-25(2)20(17-5-3-6-18(23)14-17)15-24-21(27)13-16-8-10-19(11-9-16)26-12-4-7-22(26)28/h3,5-6,8-11,14,20H,4,7,12-13,15H2,1-2H3,(H,24,27). The lowest BCUT2D eigenvalue weighted by Crippen LogP contribution is -2.35. The first-order valence-electron chi connectivity index (χ1n) is 9.52. The Bertz CT molecular complexity index is 836. The van der Waals surface area contributed by atoms with E-state index in [2.05, 4.69) is 5.32 Å². The van der Waals surface area contributed by atoms with Gasteiger partial charge in [0.05, 0.1) is 12.5 Å². The third-order valence-electron chi connectivity index (χ3n) is 5.04. The van der Waals surface area contributed by atoms with Crippen LogP contribution in [-0.4, -0.2) is 43.9 Å². The Kier molecular flexibility index (Phi) is 6.41. The maximum atomic E-state index is 13.5. The summed E-state index contributed by atoms with van der Waals surface area (Å²) in [6, 6.07) is 13.9. The first-order valence-corrected chi connectivity index (χ1v) is 9.52. The van der Waals surface area contributed by atoms with Crippen molar-refractivity contribution in [1.29, 1.82) is 0 Å². The van der Waals surface area contributed by atoms with E-state index >= 15 is 0 Å². The summed E-state index contributed by atoms with van der Waals surface area (Å²) < 4.78 is 13.5. The van der Waals surface area contributed by atoms with E-state index < -0.39 is 0 Å². The van der Waals surface area contributed by atoms with E-state index in [4.69, 9.17) is 0 Å². The molecule has 1 heterocycles. The van der Waals surface area contributed by atoms with Crippen LogP contribution in [0, 0.1) is 5.82 Å². The molecule has 1 aliphatic heterocycles. The second-order valence-corrected chi connectivity index (χ2v) is 7.33. The van der Waals surface area contributed by atoms with Gasteiger partial charge in [0.25, 0.3) is 0 Å². The van der Waals surface area contributed by atoms with Gasteiger partial charge in [-0.3, -0.25) is 9.59 Å². The fraction of sp³-hybridized carbons (Fsp3) is 0.364. The van der Waals surface area contributed by atoms with Crippen LogP contribution in [-0.2, 0) is 16.0 Å². The number of carbonyl (C=O) groups excluding carboxylic acids is 2. The molecule has 1 fully saturated rings. The van der Waals surface area contributed by atoms with Gasteiger partial charge in [0.1, 0.15) is 5.82 Å². The van der Waals surface area contributed by atoms with Crippen LogP contribution in [0.15, 0.2) is 48.5 Å². The molecule has 1 saturated heterocycles. The monoisotopic (exact) mass is 383 g/mol. The van der Waals surface area contributed by atoms with E-state index in [9.17, 15) is 14.0 Å². The van der Waals surface area contributed by atoms with Crippen LogP contribution in [0.5, 0.6) is 0 Å². The molecule has 6 heteroatoms. The first kappa shape index (κ1) is 20.0. The smallest absolute Gasteiger partial charge is 0.227 e. The highest BCUT2D eigenvalue weighted by atomic mass is 19.1. The number of hydrogen-bond donors (Lipinski definition) is 1. The van der Waals surface area contributed by atoms with Gasteiger partial charge in [-0.25, -0.2) is 4.39 Å². The van der Waals surface area contributed by atoms with Crippen LogP contribution >= 0.6 is 0 Å². The summed E-state index contributed by atoms with van der Waals surface area (Å²) in [6.45, 7) is 1.15. The van der Waals surface area contributed by atoms with E-state index in [1.54, 1.807) is 11.0 Å². The first-order chi connectivity index (χ1) is 13.4. The second-order valence-electron chi connectivity index (χ2n) is 7.33. The van der Waals surface area contributed by atoms with E-state index in [0.717, 1.165) is 29.8 Å². The molecule has 0 bridgehead atoms. The number of benzene rings is 2. The molecule has 0 spiro atoms. The topological polar surface area (TPSA) is 52.7 Å². The second kappa shape index (κ2) is 8.97. The molecule has 1 aliphatic rings. The quantitative estimate of drug-likeness (QED) is 0.800. The van der Waals surface area contributed by atoms with Gasteiger partial charge in [-0.2, -0.15) is 0 Å². The fourth-order valence-corrected chi connectivity index (χ4v) is 3.49. The van der Waals surface area contributed by atoms with Gasteiger partial charge in [-0.15, -0.1) is 0 Å².